The van der Waals surface area contributed by atoms with E-state index in [4.69, 9.17) is 0 Å². The first-order valence-corrected chi connectivity index (χ1v) is 5.82. The van der Waals surface area contributed by atoms with E-state index in [0.29, 0.717) is 17.6 Å². The Balaban J connectivity index is 2.12. The molecule has 0 unspecified atom stereocenters. The topological polar surface area (TPSA) is 68.0 Å². The number of pyridine rings is 1. The zero-order chi connectivity index (χ0) is 13.2. The van der Waals surface area contributed by atoms with Gasteiger partial charge in [-0.2, -0.15) is 0 Å². The third kappa shape index (κ3) is 2.06. The van der Waals surface area contributed by atoms with Gasteiger partial charge in [-0.1, -0.05) is 6.07 Å². The third-order valence-electron chi connectivity index (χ3n) is 2.97. The molecule has 0 aliphatic heterocycles. The van der Waals surface area contributed by atoms with Crippen molar-refractivity contribution in [2.75, 3.05) is 0 Å². The molecule has 3 aromatic rings. The molecule has 1 N–H and O–H groups in total. The number of aromatic carboxylic acids is 1. The number of para-hydroxylation sites is 1. The molecule has 5 nitrogen and oxygen atoms in total. The second kappa shape index (κ2) is 4.53. The lowest BCUT2D eigenvalue weighted by Crippen LogP contribution is -2.04. The minimum absolute atomic E-state index is 0.268. The molecule has 5 heteroatoms. The van der Waals surface area contributed by atoms with Crippen molar-refractivity contribution in [2.24, 2.45) is 0 Å². The summed E-state index contributed by atoms with van der Waals surface area (Å²) in [6.07, 6.45) is 5.09. The molecular formula is C14H11N3O2. The van der Waals surface area contributed by atoms with Crippen LogP contribution in [-0.2, 0) is 6.54 Å². The number of hydrogen-bond acceptors (Lipinski definition) is 3. The summed E-state index contributed by atoms with van der Waals surface area (Å²) in [5.74, 6) is -0.943. The summed E-state index contributed by atoms with van der Waals surface area (Å²) >= 11 is 0. The lowest BCUT2D eigenvalue weighted by molar-refractivity contribution is 0.0698. The number of benzene rings is 1. The number of hydrogen-bond donors (Lipinski definition) is 1. The van der Waals surface area contributed by atoms with Crippen LogP contribution in [0.2, 0.25) is 0 Å². The van der Waals surface area contributed by atoms with Crippen LogP contribution in [0.5, 0.6) is 0 Å². The van der Waals surface area contributed by atoms with Crippen LogP contribution >= 0.6 is 0 Å². The van der Waals surface area contributed by atoms with E-state index >= 15 is 0 Å². The molecule has 0 atom stereocenters. The highest BCUT2D eigenvalue weighted by Gasteiger charge is 2.13. The Hall–Kier alpha value is -2.69. The van der Waals surface area contributed by atoms with Crippen molar-refractivity contribution in [3.63, 3.8) is 0 Å². The van der Waals surface area contributed by atoms with E-state index < -0.39 is 5.97 Å². The van der Waals surface area contributed by atoms with Gasteiger partial charge in [-0.05, 0) is 29.8 Å². The summed E-state index contributed by atoms with van der Waals surface area (Å²) in [6.45, 7) is 0.573. The Morgan fingerprint density at radius 1 is 1.21 bits per heavy atom. The molecule has 0 aliphatic carbocycles. The van der Waals surface area contributed by atoms with Crippen LogP contribution in [0.3, 0.4) is 0 Å². The summed E-state index contributed by atoms with van der Waals surface area (Å²) < 4.78 is 1.84. The number of carboxylic acids is 1. The number of fused-ring (bicyclic) bond motifs is 1. The Labute approximate surface area is 109 Å². The van der Waals surface area contributed by atoms with Gasteiger partial charge < -0.3 is 9.67 Å². The first-order valence-electron chi connectivity index (χ1n) is 5.82. The highest BCUT2D eigenvalue weighted by atomic mass is 16.4. The van der Waals surface area contributed by atoms with Crippen LogP contribution < -0.4 is 0 Å². The van der Waals surface area contributed by atoms with Gasteiger partial charge in [-0.3, -0.25) is 4.98 Å². The lowest BCUT2D eigenvalue weighted by Gasteiger charge is -2.06. The van der Waals surface area contributed by atoms with Crippen molar-refractivity contribution in [1.82, 2.24) is 14.5 Å². The minimum Gasteiger partial charge on any atom is -0.478 e. The quantitative estimate of drug-likeness (QED) is 0.776. The Kier molecular flexibility index (Phi) is 2.72. The fourth-order valence-electron chi connectivity index (χ4n) is 2.10. The fraction of sp³-hybridized carbons (Fsp3) is 0.0714. The first-order chi connectivity index (χ1) is 9.25. The molecule has 0 aliphatic rings. The number of rotatable bonds is 3. The van der Waals surface area contributed by atoms with Crippen LogP contribution in [-0.4, -0.2) is 25.6 Å². The maximum atomic E-state index is 11.3. The molecule has 0 saturated carbocycles. The molecule has 0 bridgehead atoms. The predicted molar refractivity (Wildman–Crippen MR) is 70.0 cm³/mol. The molecule has 0 amide bonds. The summed E-state index contributed by atoms with van der Waals surface area (Å²) in [5.41, 5.74) is 2.65. The van der Waals surface area contributed by atoms with E-state index in [1.165, 1.54) is 0 Å². The lowest BCUT2D eigenvalue weighted by atomic mass is 10.2. The average Bonchev–Trinajstić information content (AvgIpc) is 2.83. The largest absolute Gasteiger partial charge is 0.478 e. The monoisotopic (exact) mass is 253 g/mol. The van der Waals surface area contributed by atoms with Gasteiger partial charge >= 0.3 is 5.97 Å². The molecule has 0 spiro atoms. The van der Waals surface area contributed by atoms with Gasteiger partial charge in [0.1, 0.15) is 0 Å². The second-order valence-electron chi connectivity index (χ2n) is 4.21. The number of imidazole rings is 1. The van der Waals surface area contributed by atoms with Crippen LogP contribution in [0.15, 0.2) is 49.1 Å². The SMILES string of the molecule is O=C(O)c1cccc2ncn(Cc3ccncc3)c12. The average molecular weight is 253 g/mol. The van der Waals surface area contributed by atoms with E-state index in [1.807, 2.05) is 22.8 Å². The zero-order valence-electron chi connectivity index (χ0n) is 10.0. The van der Waals surface area contributed by atoms with E-state index in [9.17, 15) is 9.90 Å². The van der Waals surface area contributed by atoms with Gasteiger partial charge in [0.05, 0.1) is 22.9 Å². The van der Waals surface area contributed by atoms with Gasteiger partial charge in [0, 0.05) is 18.9 Å². The third-order valence-corrected chi connectivity index (χ3v) is 2.97. The highest BCUT2D eigenvalue weighted by Crippen LogP contribution is 2.19. The van der Waals surface area contributed by atoms with Gasteiger partial charge in [0.15, 0.2) is 0 Å². The van der Waals surface area contributed by atoms with Crippen molar-refractivity contribution in [3.8, 4) is 0 Å². The molecule has 2 aromatic heterocycles. The maximum Gasteiger partial charge on any atom is 0.337 e. The van der Waals surface area contributed by atoms with E-state index in [1.54, 1.807) is 30.9 Å². The van der Waals surface area contributed by atoms with Crippen molar-refractivity contribution < 1.29 is 9.90 Å². The molecule has 19 heavy (non-hydrogen) atoms. The molecule has 2 heterocycles. The van der Waals surface area contributed by atoms with Crippen molar-refractivity contribution >= 4 is 17.0 Å². The number of carboxylic acid groups (broad SMARTS) is 1. The normalized spacial score (nSPS) is 10.7. The van der Waals surface area contributed by atoms with Crippen molar-refractivity contribution in [2.45, 2.75) is 6.54 Å². The van der Waals surface area contributed by atoms with Crippen LogP contribution in [0.4, 0.5) is 0 Å². The number of aromatic nitrogens is 3. The van der Waals surface area contributed by atoms with Gasteiger partial charge in [-0.25, -0.2) is 9.78 Å². The summed E-state index contributed by atoms with van der Waals surface area (Å²) in [4.78, 5) is 19.5. The van der Waals surface area contributed by atoms with E-state index in [0.717, 1.165) is 5.56 Å². The van der Waals surface area contributed by atoms with Crippen molar-refractivity contribution in [3.05, 3.63) is 60.2 Å². The molecule has 0 radical (unpaired) electrons. The summed E-state index contributed by atoms with van der Waals surface area (Å²) in [7, 11) is 0. The Morgan fingerprint density at radius 3 is 2.74 bits per heavy atom. The highest BCUT2D eigenvalue weighted by molar-refractivity contribution is 6.01. The fourth-order valence-corrected chi connectivity index (χ4v) is 2.10. The van der Waals surface area contributed by atoms with Gasteiger partial charge in [0.2, 0.25) is 0 Å². The maximum absolute atomic E-state index is 11.3. The Morgan fingerprint density at radius 2 is 2.00 bits per heavy atom. The zero-order valence-corrected chi connectivity index (χ0v) is 10.0. The smallest absolute Gasteiger partial charge is 0.337 e. The van der Waals surface area contributed by atoms with E-state index in [2.05, 4.69) is 9.97 Å². The molecule has 94 valence electrons. The van der Waals surface area contributed by atoms with Gasteiger partial charge in [0.25, 0.3) is 0 Å². The Bertz CT molecular complexity index is 735. The summed E-state index contributed by atoms with van der Waals surface area (Å²) in [5, 5.41) is 9.24. The molecular weight excluding hydrogens is 242 g/mol. The van der Waals surface area contributed by atoms with Crippen LogP contribution in [0.1, 0.15) is 15.9 Å². The predicted octanol–water partition coefficient (Wildman–Crippen LogP) is 2.18. The molecule has 0 saturated heterocycles. The standard InChI is InChI=1S/C14H11N3O2/c18-14(19)11-2-1-3-12-13(11)17(9-16-12)8-10-4-6-15-7-5-10/h1-7,9H,8H2,(H,18,19). The van der Waals surface area contributed by atoms with Crippen molar-refractivity contribution in [1.29, 1.82) is 0 Å². The van der Waals surface area contributed by atoms with E-state index in [-0.39, 0.29) is 5.56 Å². The van der Waals surface area contributed by atoms with Crippen LogP contribution in [0.25, 0.3) is 11.0 Å². The summed E-state index contributed by atoms with van der Waals surface area (Å²) in [6, 6.07) is 8.90. The number of nitrogens with zero attached hydrogens (tertiary/aromatic N) is 3. The number of carbonyl (C=O) groups is 1. The molecule has 0 fully saturated rings. The van der Waals surface area contributed by atoms with Gasteiger partial charge in [-0.15, -0.1) is 0 Å². The van der Waals surface area contributed by atoms with Crippen LogP contribution in [0, 0.1) is 0 Å². The minimum atomic E-state index is -0.943. The second-order valence-corrected chi connectivity index (χ2v) is 4.21. The first kappa shape index (κ1) is 11.4. The molecule has 1 aromatic carbocycles. The molecule has 3 rings (SSSR count).